The van der Waals surface area contributed by atoms with E-state index in [-0.39, 0.29) is 51.7 Å². The van der Waals surface area contributed by atoms with Gasteiger partial charge >= 0.3 is 0 Å². The second kappa shape index (κ2) is 13.4. The molecular weight excluding hydrogens is 527 g/mol. The van der Waals surface area contributed by atoms with Crippen LogP contribution in [0.1, 0.15) is 83.8 Å². The summed E-state index contributed by atoms with van der Waals surface area (Å²) >= 11 is 12.6. The summed E-state index contributed by atoms with van der Waals surface area (Å²) < 4.78 is 0. The summed E-state index contributed by atoms with van der Waals surface area (Å²) in [6.07, 6.45) is 8.94. The molecule has 0 spiro atoms. The van der Waals surface area contributed by atoms with Gasteiger partial charge in [-0.3, -0.25) is 19.6 Å². The Hall–Kier alpha value is -2.00. The maximum Gasteiger partial charge on any atom is 0.257 e. The van der Waals surface area contributed by atoms with Crippen LogP contribution in [0.4, 0.5) is 0 Å². The number of nitrogens with zero attached hydrogens (tertiary/aromatic N) is 3. The highest BCUT2D eigenvalue weighted by atomic mass is 35.5. The molecular formula is C28H40Cl2N4O4. The first kappa shape index (κ1) is 30.5. The van der Waals surface area contributed by atoms with Gasteiger partial charge in [-0.05, 0) is 78.1 Å². The molecule has 2 aliphatic rings. The van der Waals surface area contributed by atoms with Crippen molar-refractivity contribution in [3.63, 3.8) is 0 Å². The van der Waals surface area contributed by atoms with E-state index in [4.69, 9.17) is 33.9 Å². The van der Waals surface area contributed by atoms with Crippen molar-refractivity contribution < 1.29 is 19.8 Å². The Bertz CT molecular complexity index is 1040. The van der Waals surface area contributed by atoms with Crippen molar-refractivity contribution >= 4 is 40.6 Å². The number of rotatable bonds is 9. The van der Waals surface area contributed by atoms with Gasteiger partial charge < -0.3 is 20.8 Å². The number of carbonyl (C=O) groups is 2. The highest BCUT2D eigenvalue weighted by Crippen LogP contribution is 2.34. The molecule has 0 radical (unpaired) electrons. The largest absolute Gasteiger partial charge is 0.404 e. The van der Waals surface area contributed by atoms with Crippen molar-refractivity contribution in [1.82, 2.24) is 9.88 Å². The van der Waals surface area contributed by atoms with Crippen LogP contribution in [0.5, 0.6) is 0 Å². The zero-order valence-corrected chi connectivity index (χ0v) is 24.0. The molecule has 0 saturated heterocycles. The molecule has 210 valence electrons. The van der Waals surface area contributed by atoms with Gasteiger partial charge in [0.15, 0.2) is 0 Å². The highest BCUT2D eigenvalue weighted by Gasteiger charge is 2.33. The summed E-state index contributed by atoms with van der Waals surface area (Å²) in [6, 6.07) is 0.0300. The number of amides is 1. The Balaban J connectivity index is 1.80. The molecule has 2 aliphatic carbocycles. The normalized spacial score (nSPS) is 27.6. The summed E-state index contributed by atoms with van der Waals surface area (Å²) in [4.78, 5) is 35.9. The molecule has 2 fully saturated rings. The summed E-state index contributed by atoms with van der Waals surface area (Å²) in [5.74, 6) is 0.138. The van der Waals surface area contributed by atoms with Gasteiger partial charge in [0.2, 0.25) is 0 Å². The Morgan fingerprint density at radius 2 is 1.74 bits per heavy atom. The first-order valence-corrected chi connectivity index (χ1v) is 14.1. The minimum atomic E-state index is -1.13. The van der Waals surface area contributed by atoms with E-state index in [1.165, 1.54) is 18.6 Å². The minimum Gasteiger partial charge on any atom is -0.404 e. The van der Waals surface area contributed by atoms with Gasteiger partial charge in [0.05, 0.1) is 39.9 Å². The van der Waals surface area contributed by atoms with Crippen LogP contribution < -0.4 is 5.73 Å². The van der Waals surface area contributed by atoms with Gasteiger partial charge in [0.25, 0.3) is 5.91 Å². The topological polar surface area (TPSA) is 129 Å². The third-order valence-electron chi connectivity index (χ3n) is 8.00. The molecule has 4 N–H and O–H groups in total. The molecule has 0 bridgehead atoms. The monoisotopic (exact) mass is 566 g/mol. The fraction of sp³-hybridized carbons (Fsp3) is 0.643. The molecule has 1 atom stereocenters. The van der Waals surface area contributed by atoms with Gasteiger partial charge in [-0.25, -0.2) is 0 Å². The number of hydrogen-bond acceptors (Lipinski definition) is 7. The average Bonchev–Trinajstić information content (AvgIpc) is 2.85. The quantitative estimate of drug-likeness (QED) is 0.295. The van der Waals surface area contributed by atoms with Crippen LogP contribution in [0.3, 0.4) is 0 Å². The Labute approximate surface area is 235 Å². The number of ketones is 1. The van der Waals surface area contributed by atoms with Crippen molar-refractivity contribution in [1.29, 1.82) is 0 Å². The van der Waals surface area contributed by atoms with E-state index < -0.39 is 11.7 Å². The SMILES string of the molecule is CC(=O)C1CCC(N=C(C)C(=CN)C(=O)N(CC2CCC(C)(O)CC2)CC(O)c2c(Cl)cncc2Cl)CC1. The molecule has 2 saturated carbocycles. The molecule has 3 rings (SSSR count). The molecule has 1 aromatic heterocycles. The van der Waals surface area contributed by atoms with Gasteiger partial charge in [-0.2, -0.15) is 0 Å². The van der Waals surface area contributed by atoms with Crippen molar-refractivity contribution in [2.24, 2.45) is 22.6 Å². The average molecular weight is 568 g/mol. The van der Waals surface area contributed by atoms with Gasteiger partial charge in [0, 0.05) is 42.3 Å². The smallest absolute Gasteiger partial charge is 0.257 e. The lowest BCUT2D eigenvalue weighted by molar-refractivity contribution is -0.129. The lowest BCUT2D eigenvalue weighted by atomic mass is 9.79. The Morgan fingerprint density at radius 1 is 1.16 bits per heavy atom. The van der Waals surface area contributed by atoms with E-state index in [0.29, 0.717) is 30.7 Å². The van der Waals surface area contributed by atoms with E-state index in [0.717, 1.165) is 38.5 Å². The summed E-state index contributed by atoms with van der Waals surface area (Å²) in [5.41, 5.74) is 6.39. The third-order valence-corrected chi connectivity index (χ3v) is 8.60. The predicted octanol–water partition coefficient (Wildman–Crippen LogP) is 4.64. The number of pyridine rings is 1. The van der Waals surface area contributed by atoms with E-state index in [2.05, 4.69) is 4.98 Å². The fourth-order valence-electron chi connectivity index (χ4n) is 5.55. The van der Waals surface area contributed by atoms with Crippen LogP contribution in [0.2, 0.25) is 10.0 Å². The van der Waals surface area contributed by atoms with E-state index >= 15 is 0 Å². The first-order valence-electron chi connectivity index (χ1n) is 13.4. The molecule has 10 heteroatoms. The fourth-order valence-corrected chi connectivity index (χ4v) is 6.16. The third kappa shape index (κ3) is 8.01. The summed E-state index contributed by atoms with van der Waals surface area (Å²) in [5, 5.41) is 21.9. The number of nitrogens with two attached hydrogens (primary N) is 1. The first-order chi connectivity index (χ1) is 17.9. The van der Waals surface area contributed by atoms with Gasteiger partial charge in [-0.1, -0.05) is 23.2 Å². The van der Waals surface area contributed by atoms with E-state index in [1.54, 1.807) is 18.7 Å². The van der Waals surface area contributed by atoms with Gasteiger partial charge in [-0.15, -0.1) is 0 Å². The van der Waals surface area contributed by atoms with Crippen LogP contribution in [-0.4, -0.2) is 62.2 Å². The van der Waals surface area contributed by atoms with Crippen LogP contribution in [0.25, 0.3) is 0 Å². The number of aromatic nitrogens is 1. The Morgan fingerprint density at radius 3 is 2.26 bits per heavy atom. The zero-order valence-electron chi connectivity index (χ0n) is 22.5. The van der Waals surface area contributed by atoms with Crippen LogP contribution in [0, 0.1) is 11.8 Å². The summed E-state index contributed by atoms with van der Waals surface area (Å²) in [6.45, 7) is 5.60. The maximum absolute atomic E-state index is 13.9. The van der Waals surface area contributed by atoms with Crippen molar-refractivity contribution in [3.8, 4) is 0 Å². The number of hydrogen-bond donors (Lipinski definition) is 3. The second-order valence-corrected chi connectivity index (χ2v) is 11.9. The van der Waals surface area contributed by atoms with Crippen LogP contribution in [-0.2, 0) is 9.59 Å². The number of Topliss-reactive ketones (excluding diaryl/α,β-unsaturated/α-hetero) is 1. The Kier molecular flexibility index (Phi) is 10.7. The van der Waals surface area contributed by atoms with E-state index in [1.807, 2.05) is 6.92 Å². The lowest BCUT2D eigenvalue weighted by Gasteiger charge is -2.36. The maximum atomic E-state index is 13.9. The van der Waals surface area contributed by atoms with Crippen LogP contribution >= 0.6 is 23.2 Å². The zero-order chi connectivity index (χ0) is 28.0. The number of halogens is 2. The van der Waals surface area contributed by atoms with Crippen molar-refractivity contribution in [3.05, 3.63) is 39.8 Å². The van der Waals surface area contributed by atoms with Crippen LogP contribution in [0.15, 0.2) is 29.2 Å². The van der Waals surface area contributed by atoms with Crippen molar-refractivity contribution in [2.75, 3.05) is 13.1 Å². The predicted molar refractivity (Wildman–Crippen MR) is 150 cm³/mol. The van der Waals surface area contributed by atoms with E-state index in [9.17, 15) is 19.8 Å². The molecule has 8 nitrogen and oxygen atoms in total. The molecule has 1 unspecified atom stereocenters. The molecule has 1 amide bonds. The minimum absolute atomic E-state index is 0.0300. The molecule has 0 aliphatic heterocycles. The standard InChI is InChI=1S/C28H40Cl2N4O4/c1-17(33-21-6-4-20(5-7-21)18(2)35)22(12-31)27(37)34(15-19-8-10-28(3,38)11-9-19)16-25(36)26-23(29)13-32-14-24(26)30/h12-14,19-21,25,36,38H,4-11,15-16,31H2,1-3H3. The molecule has 1 aromatic rings. The highest BCUT2D eigenvalue weighted by molar-refractivity contribution is 6.35. The molecule has 0 aromatic carbocycles. The number of carbonyl (C=O) groups excluding carboxylic acids is 2. The molecule has 38 heavy (non-hydrogen) atoms. The summed E-state index contributed by atoms with van der Waals surface area (Å²) in [7, 11) is 0. The van der Waals surface area contributed by atoms with Gasteiger partial charge in [0.1, 0.15) is 5.78 Å². The lowest BCUT2D eigenvalue weighted by Crippen LogP contribution is -2.42. The number of aliphatic hydroxyl groups is 2. The molecule has 1 heterocycles. The second-order valence-electron chi connectivity index (χ2n) is 11.1. The number of aliphatic hydroxyl groups excluding tert-OH is 1. The van der Waals surface area contributed by atoms with Crippen molar-refractivity contribution in [2.45, 2.75) is 89.9 Å². The number of aliphatic imine (C=N–C) groups is 1.